The maximum atomic E-state index is 14.2. The molecule has 370 valence electrons. The van der Waals surface area contributed by atoms with Crippen LogP contribution in [0.5, 0.6) is 0 Å². The molecule has 2 aliphatic rings. The summed E-state index contributed by atoms with van der Waals surface area (Å²) in [5, 5.41) is 18.4. The van der Waals surface area contributed by atoms with Gasteiger partial charge in [-0.15, -0.1) is 0 Å². The largest absolute Gasteiger partial charge is 0.618 e. The highest BCUT2D eigenvalue weighted by Gasteiger charge is 2.26. The minimum atomic E-state index is -1.03. The highest BCUT2D eigenvalue weighted by molar-refractivity contribution is 6.14. The summed E-state index contributed by atoms with van der Waals surface area (Å²) < 4.78 is 66.0. The smallest absolute Gasteiger partial charge is 0.251 e. The first-order valence-corrected chi connectivity index (χ1v) is 22.8. The Bertz CT molecular complexity index is 2960. The van der Waals surface area contributed by atoms with Gasteiger partial charge in [0.2, 0.25) is 5.69 Å². The molecule has 0 unspecified atom stereocenters. The molecule has 19 heteroatoms. The molecule has 6 aromatic rings. The Morgan fingerprint density at radius 1 is 0.620 bits per heavy atom. The van der Waals surface area contributed by atoms with Crippen LogP contribution in [0.1, 0.15) is 63.7 Å². The van der Waals surface area contributed by atoms with Crippen molar-refractivity contribution in [1.82, 2.24) is 25.4 Å². The van der Waals surface area contributed by atoms with Gasteiger partial charge in [-0.05, 0) is 85.6 Å². The van der Waals surface area contributed by atoms with Crippen LogP contribution < -0.4 is 26.8 Å². The number of nitrogen functional groups attached to an aromatic ring is 2. The number of rotatable bonds is 14. The Balaban J connectivity index is 0.000000209. The first-order valence-electron chi connectivity index (χ1n) is 22.8. The molecule has 6 N–H and O–H groups in total. The van der Waals surface area contributed by atoms with Gasteiger partial charge in [0.05, 0.1) is 60.1 Å². The zero-order valence-corrected chi connectivity index (χ0v) is 39.0. The molecule has 4 aromatic carbocycles. The molecule has 71 heavy (non-hydrogen) atoms. The highest BCUT2D eigenvalue weighted by Crippen LogP contribution is 2.32. The van der Waals surface area contributed by atoms with Crippen molar-refractivity contribution in [1.29, 1.82) is 0 Å². The zero-order valence-electron chi connectivity index (χ0n) is 39.0. The number of ether oxygens (including phenoxy) is 2. The van der Waals surface area contributed by atoms with Crippen molar-refractivity contribution < 1.29 is 50.9 Å². The number of nitrogens with two attached hydrogens (primary N) is 2. The van der Waals surface area contributed by atoms with Crippen molar-refractivity contribution in [2.24, 2.45) is 0 Å². The van der Waals surface area contributed by atoms with Crippen molar-refractivity contribution in [3.63, 3.8) is 0 Å². The fraction of sp³-hybridized carbons (Fsp3) is 0.269. The predicted molar refractivity (Wildman–Crippen MR) is 258 cm³/mol. The number of hydrogen-bond acceptors (Lipinski definition) is 12. The summed E-state index contributed by atoms with van der Waals surface area (Å²) in [6.07, 6.45) is 2.51. The van der Waals surface area contributed by atoms with Crippen LogP contribution in [-0.2, 0) is 9.47 Å². The zero-order chi connectivity index (χ0) is 50.8. The Morgan fingerprint density at radius 3 is 1.55 bits per heavy atom. The summed E-state index contributed by atoms with van der Waals surface area (Å²) in [5.74, 6) is -5.47. The van der Waals surface area contributed by atoms with Gasteiger partial charge in [-0.1, -0.05) is 6.07 Å². The second-order valence-corrected chi connectivity index (χ2v) is 16.8. The lowest BCUT2D eigenvalue weighted by Crippen LogP contribution is -2.41. The summed E-state index contributed by atoms with van der Waals surface area (Å²) in [7, 11) is 0. The van der Waals surface area contributed by atoms with Gasteiger partial charge in [0, 0.05) is 99.0 Å². The Hall–Kier alpha value is -7.58. The van der Waals surface area contributed by atoms with Gasteiger partial charge in [0.15, 0.2) is 17.8 Å². The SMILES string of the molecule is Cc1cc(C(=O)NCCN2CCOCC2)ccc1-c1c(N)c(C(=O)c2ccc(F)cc2F)cc[n+]1[O-].Cc1cc(C(=O)NCCN2CCOCC2)ccc1-c1nccc(C(=O)c2ccc(F)cc2F)c1N. The molecule has 0 spiro atoms. The molecule has 0 saturated carbocycles. The van der Waals surface area contributed by atoms with Gasteiger partial charge >= 0.3 is 0 Å². The lowest BCUT2D eigenvalue weighted by atomic mass is 9.96. The molecule has 15 nitrogen and oxygen atoms in total. The standard InChI is InChI=1S/C26H26F2N4O4.C26H26F2N4O3/c1-16-14-17(26(34)30-7-9-31-10-12-36-13-11-31)2-4-19(16)24-23(29)21(6-8-32(24)35)25(33)20-5-3-18(27)15-22(20)28;1-16-14-17(26(34)31-8-9-32-10-12-35-13-11-32)2-4-19(16)24-23(29)21(6-7-30-24)25(33)20-5-3-18(27)15-22(20)28/h2-6,8,14-15H,7,9-13,29H2,1H3,(H,30,34);2-7,14-15H,8-13,29H2,1H3,(H,31,34). The monoisotopic (exact) mass is 976 g/mol. The van der Waals surface area contributed by atoms with Crippen LogP contribution >= 0.6 is 0 Å². The quantitative estimate of drug-likeness (QED) is 0.0452. The number of nitrogens with one attached hydrogen (secondary N) is 2. The molecular formula is C52H52F4N8O7. The molecular weight excluding hydrogens is 925 g/mol. The number of morpholine rings is 2. The van der Waals surface area contributed by atoms with Gasteiger partial charge in [-0.25, -0.2) is 17.6 Å². The summed E-state index contributed by atoms with van der Waals surface area (Å²) >= 11 is 0. The molecule has 2 aromatic heterocycles. The molecule has 0 radical (unpaired) electrons. The van der Waals surface area contributed by atoms with E-state index in [-0.39, 0.29) is 51.1 Å². The minimum absolute atomic E-state index is 0.000135. The normalized spacial score (nSPS) is 14.0. The maximum absolute atomic E-state index is 14.2. The van der Waals surface area contributed by atoms with E-state index in [1.807, 2.05) is 6.92 Å². The van der Waals surface area contributed by atoms with E-state index in [0.717, 1.165) is 68.7 Å². The number of pyridine rings is 2. The van der Waals surface area contributed by atoms with Crippen molar-refractivity contribution in [2.45, 2.75) is 13.8 Å². The summed E-state index contributed by atoms with van der Waals surface area (Å²) in [6.45, 7) is 12.2. The molecule has 8 rings (SSSR count). The number of carbonyl (C=O) groups excluding carboxylic acids is 4. The molecule has 0 aliphatic carbocycles. The number of anilines is 2. The fourth-order valence-corrected chi connectivity index (χ4v) is 8.19. The Kier molecular flexibility index (Phi) is 16.9. The van der Waals surface area contributed by atoms with E-state index in [1.54, 1.807) is 43.3 Å². The van der Waals surface area contributed by atoms with Crippen LogP contribution in [0.25, 0.3) is 22.5 Å². The molecule has 2 aliphatic heterocycles. The van der Waals surface area contributed by atoms with Gasteiger partial charge < -0.3 is 36.8 Å². The predicted octanol–water partition coefficient (Wildman–Crippen LogP) is 5.66. The number of halogens is 4. The lowest BCUT2D eigenvalue weighted by Gasteiger charge is -2.26. The second-order valence-electron chi connectivity index (χ2n) is 16.8. The van der Waals surface area contributed by atoms with Crippen molar-refractivity contribution in [2.75, 3.05) is 90.3 Å². The number of ketones is 2. The van der Waals surface area contributed by atoms with E-state index in [9.17, 15) is 41.9 Å². The second kappa shape index (κ2) is 23.4. The minimum Gasteiger partial charge on any atom is -0.618 e. The van der Waals surface area contributed by atoms with E-state index in [1.165, 1.54) is 18.3 Å². The van der Waals surface area contributed by atoms with Crippen LogP contribution in [-0.4, -0.2) is 117 Å². The van der Waals surface area contributed by atoms with Gasteiger partial charge in [-0.3, -0.25) is 34.0 Å². The number of nitrogens with zero attached hydrogens (tertiary/aromatic N) is 4. The average Bonchev–Trinajstić information content (AvgIpc) is 3.35. The lowest BCUT2D eigenvalue weighted by molar-refractivity contribution is -0.593. The van der Waals surface area contributed by atoms with Crippen LogP contribution in [0.2, 0.25) is 0 Å². The number of aromatic nitrogens is 2. The van der Waals surface area contributed by atoms with Crippen molar-refractivity contribution >= 4 is 34.8 Å². The number of benzene rings is 4. The molecule has 2 fully saturated rings. The Labute approximate surface area is 407 Å². The topological polar surface area (TPSA) is 209 Å². The molecule has 2 amide bonds. The van der Waals surface area contributed by atoms with Crippen LogP contribution in [0.4, 0.5) is 28.9 Å². The average molecular weight is 977 g/mol. The van der Waals surface area contributed by atoms with Crippen LogP contribution in [0, 0.1) is 42.3 Å². The molecule has 0 bridgehead atoms. The molecule has 2 saturated heterocycles. The summed E-state index contributed by atoms with van der Waals surface area (Å²) in [6, 6.07) is 17.9. The maximum Gasteiger partial charge on any atom is 0.251 e. The van der Waals surface area contributed by atoms with E-state index in [4.69, 9.17) is 20.9 Å². The molecule has 0 atom stereocenters. The van der Waals surface area contributed by atoms with E-state index in [0.29, 0.717) is 96.4 Å². The van der Waals surface area contributed by atoms with Crippen LogP contribution in [0.15, 0.2) is 97.3 Å². The first-order chi connectivity index (χ1) is 34.1. The summed E-state index contributed by atoms with van der Waals surface area (Å²) in [5.41, 5.74) is 15.4. The first kappa shape index (κ1) is 51.3. The highest BCUT2D eigenvalue weighted by atomic mass is 19.1. The third-order valence-electron chi connectivity index (χ3n) is 12.1. The Morgan fingerprint density at radius 2 is 1.08 bits per heavy atom. The van der Waals surface area contributed by atoms with E-state index >= 15 is 0 Å². The number of aryl methyl sites for hydroxylation is 2. The van der Waals surface area contributed by atoms with Gasteiger partial charge in [0.25, 0.3) is 11.8 Å². The van der Waals surface area contributed by atoms with E-state index < -0.39 is 34.8 Å². The third-order valence-corrected chi connectivity index (χ3v) is 12.1. The summed E-state index contributed by atoms with van der Waals surface area (Å²) in [4.78, 5) is 59.8. The fourth-order valence-electron chi connectivity index (χ4n) is 8.19. The van der Waals surface area contributed by atoms with Crippen molar-refractivity contribution in [3.8, 4) is 22.5 Å². The third kappa shape index (κ3) is 12.4. The number of hydrogen-bond donors (Lipinski definition) is 4. The van der Waals surface area contributed by atoms with Crippen molar-refractivity contribution in [3.05, 3.63) is 170 Å². The number of amides is 2. The van der Waals surface area contributed by atoms with Gasteiger partial charge in [-0.2, -0.15) is 4.73 Å². The molecule has 4 heterocycles. The van der Waals surface area contributed by atoms with Crippen LogP contribution in [0.3, 0.4) is 0 Å². The van der Waals surface area contributed by atoms with E-state index in [2.05, 4.69) is 25.4 Å². The van der Waals surface area contributed by atoms with Gasteiger partial charge in [0.1, 0.15) is 29.0 Å². The number of carbonyl (C=O) groups is 4.